The van der Waals surface area contributed by atoms with Gasteiger partial charge in [0.2, 0.25) is 6.79 Å². The number of rotatable bonds is 4. The van der Waals surface area contributed by atoms with Gasteiger partial charge in [-0.15, -0.1) is 0 Å². The standard InChI is InChI=1S/C20H30N4O5/c1-20(2,3)29-19(26)22-11-15-12-23(4)7-8-24(15)18(25)21-10-14-5-6-16-17(9-14)28-13-27-16/h5-6,9,15H,7-8,10-13H2,1-4H3,(H,21,25)(H,22,26)/t15-/m1/s1. The smallest absolute Gasteiger partial charge is 0.407 e. The van der Waals surface area contributed by atoms with Crippen molar-refractivity contribution >= 4 is 12.1 Å². The Hall–Kier alpha value is -2.68. The SMILES string of the molecule is CN1CCN(C(=O)NCc2ccc3c(c2)OCO3)[C@H](CNC(=O)OC(C)(C)C)C1. The molecule has 1 atom stereocenters. The van der Waals surface area contributed by atoms with E-state index in [9.17, 15) is 9.59 Å². The maximum Gasteiger partial charge on any atom is 0.407 e. The largest absolute Gasteiger partial charge is 0.454 e. The molecule has 2 N–H and O–H groups in total. The maximum absolute atomic E-state index is 12.8. The number of benzene rings is 1. The fourth-order valence-corrected chi connectivity index (χ4v) is 3.30. The van der Waals surface area contributed by atoms with Crippen molar-refractivity contribution in [2.75, 3.05) is 40.0 Å². The van der Waals surface area contributed by atoms with Crippen molar-refractivity contribution in [3.8, 4) is 11.5 Å². The lowest BCUT2D eigenvalue weighted by molar-refractivity contribution is 0.0486. The Labute approximate surface area is 171 Å². The van der Waals surface area contributed by atoms with E-state index < -0.39 is 11.7 Å². The van der Waals surface area contributed by atoms with Gasteiger partial charge in [0.05, 0.1) is 6.04 Å². The van der Waals surface area contributed by atoms with E-state index >= 15 is 0 Å². The molecule has 0 bridgehead atoms. The van der Waals surface area contributed by atoms with E-state index in [0.717, 1.165) is 12.1 Å². The van der Waals surface area contributed by atoms with E-state index in [1.165, 1.54) is 0 Å². The molecule has 0 saturated carbocycles. The quantitative estimate of drug-likeness (QED) is 0.792. The number of urea groups is 1. The highest BCUT2D eigenvalue weighted by atomic mass is 16.7. The van der Waals surface area contributed by atoms with Gasteiger partial charge in [-0.2, -0.15) is 0 Å². The molecule has 2 heterocycles. The van der Waals surface area contributed by atoms with Crippen molar-refractivity contribution in [2.45, 2.75) is 39.0 Å². The Morgan fingerprint density at radius 2 is 1.93 bits per heavy atom. The molecule has 9 heteroatoms. The number of alkyl carbamates (subject to hydrolysis) is 1. The Morgan fingerprint density at radius 1 is 1.17 bits per heavy atom. The van der Waals surface area contributed by atoms with E-state index in [4.69, 9.17) is 14.2 Å². The molecule has 3 amide bonds. The summed E-state index contributed by atoms with van der Waals surface area (Å²) in [7, 11) is 2.00. The van der Waals surface area contributed by atoms with E-state index in [2.05, 4.69) is 15.5 Å². The Kier molecular flexibility index (Phi) is 6.36. The Bertz CT molecular complexity index is 749. The maximum atomic E-state index is 12.8. The van der Waals surface area contributed by atoms with Crippen molar-refractivity contribution in [1.29, 1.82) is 0 Å². The van der Waals surface area contributed by atoms with Crippen molar-refractivity contribution in [1.82, 2.24) is 20.4 Å². The first-order chi connectivity index (χ1) is 13.7. The lowest BCUT2D eigenvalue weighted by atomic mass is 10.1. The molecule has 0 aliphatic carbocycles. The zero-order valence-corrected chi connectivity index (χ0v) is 17.5. The predicted molar refractivity (Wildman–Crippen MR) is 107 cm³/mol. The van der Waals surface area contributed by atoms with Gasteiger partial charge < -0.3 is 34.6 Å². The predicted octanol–water partition coefficient (Wildman–Crippen LogP) is 1.77. The minimum absolute atomic E-state index is 0.141. The van der Waals surface area contributed by atoms with Crippen LogP contribution in [-0.4, -0.2) is 73.6 Å². The van der Waals surface area contributed by atoms with E-state index in [1.807, 2.05) is 46.0 Å². The molecule has 1 aromatic rings. The summed E-state index contributed by atoms with van der Waals surface area (Å²) in [4.78, 5) is 28.7. The van der Waals surface area contributed by atoms with Crippen molar-refractivity contribution in [2.24, 2.45) is 0 Å². The summed E-state index contributed by atoms with van der Waals surface area (Å²) >= 11 is 0. The topological polar surface area (TPSA) is 92.4 Å². The van der Waals surface area contributed by atoms with Crippen LogP contribution in [0.1, 0.15) is 26.3 Å². The second kappa shape index (κ2) is 8.77. The molecule has 160 valence electrons. The highest BCUT2D eigenvalue weighted by Crippen LogP contribution is 2.32. The molecule has 1 saturated heterocycles. The highest BCUT2D eigenvalue weighted by Gasteiger charge is 2.30. The zero-order chi connectivity index (χ0) is 21.0. The van der Waals surface area contributed by atoms with Gasteiger partial charge in [0.25, 0.3) is 0 Å². The van der Waals surface area contributed by atoms with Crippen LogP contribution in [0.5, 0.6) is 11.5 Å². The highest BCUT2D eigenvalue weighted by molar-refractivity contribution is 5.75. The van der Waals surface area contributed by atoms with Gasteiger partial charge in [-0.3, -0.25) is 0 Å². The van der Waals surface area contributed by atoms with Crippen LogP contribution >= 0.6 is 0 Å². The van der Waals surface area contributed by atoms with Crippen LogP contribution in [0.25, 0.3) is 0 Å². The molecule has 3 rings (SSSR count). The number of hydrogen-bond donors (Lipinski definition) is 2. The summed E-state index contributed by atoms with van der Waals surface area (Å²) in [5, 5.41) is 5.74. The third kappa shape index (κ3) is 5.90. The number of nitrogens with zero attached hydrogens (tertiary/aromatic N) is 2. The van der Waals surface area contributed by atoms with Gasteiger partial charge in [-0.1, -0.05) is 6.07 Å². The number of nitrogens with one attached hydrogen (secondary N) is 2. The van der Waals surface area contributed by atoms with Gasteiger partial charge in [-0.05, 0) is 45.5 Å². The van der Waals surface area contributed by atoms with Gasteiger partial charge >= 0.3 is 12.1 Å². The number of carbonyl (C=O) groups excluding carboxylic acids is 2. The van der Waals surface area contributed by atoms with Crippen molar-refractivity contribution in [3.05, 3.63) is 23.8 Å². The number of ether oxygens (including phenoxy) is 3. The molecule has 0 aromatic heterocycles. The fourth-order valence-electron chi connectivity index (χ4n) is 3.30. The lowest BCUT2D eigenvalue weighted by Gasteiger charge is -2.40. The van der Waals surface area contributed by atoms with Crippen LogP contribution in [0.3, 0.4) is 0 Å². The third-order valence-electron chi connectivity index (χ3n) is 4.71. The minimum Gasteiger partial charge on any atom is -0.454 e. The minimum atomic E-state index is -0.560. The molecule has 9 nitrogen and oxygen atoms in total. The van der Waals surface area contributed by atoms with Crippen molar-refractivity contribution in [3.63, 3.8) is 0 Å². The number of hydrogen-bond acceptors (Lipinski definition) is 6. The van der Waals surface area contributed by atoms with E-state index in [-0.39, 0.29) is 18.9 Å². The molecule has 0 radical (unpaired) electrons. The monoisotopic (exact) mass is 406 g/mol. The molecule has 0 unspecified atom stereocenters. The van der Waals surface area contributed by atoms with E-state index in [0.29, 0.717) is 37.7 Å². The molecular formula is C20H30N4O5. The van der Waals surface area contributed by atoms with Gasteiger partial charge in [0.15, 0.2) is 11.5 Å². The molecule has 2 aliphatic rings. The van der Waals surface area contributed by atoms with E-state index in [1.54, 1.807) is 4.90 Å². The van der Waals surface area contributed by atoms with Crippen LogP contribution in [0.2, 0.25) is 0 Å². The molecular weight excluding hydrogens is 376 g/mol. The average molecular weight is 406 g/mol. The van der Waals surface area contributed by atoms with Crippen LogP contribution in [-0.2, 0) is 11.3 Å². The van der Waals surface area contributed by atoms with Crippen LogP contribution in [0.15, 0.2) is 18.2 Å². The molecule has 2 aliphatic heterocycles. The molecule has 0 spiro atoms. The van der Waals surface area contributed by atoms with Crippen LogP contribution in [0, 0.1) is 0 Å². The van der Waals surface area contributed by atoms with Crippen LogP contribution < -0.4 is 20.1 Å². The van der Waals surface area contributed by atoms with Crippen LogP contribution in [0.4, 0.5) is 9.59 Å². The first-order valence-electron chi connectivity index (χ1n) is 9.79. The second-order valence-electron chi connectivity index (χ2n) is 8.34. The summed E-state index contributed by atoms with van der Waals surface area (Å²) in [6.07, 6.45) is -0.480. The number of amides is 3. The van der Waals surface area contributed by atoms with Gasteiger partial charge in [-0.25, -0.2) is 9.59 Å². The third-order valence-corrected chi connectivity index (χ3v) is 4.71. The second-order valence-corrected chi connectivity index (χ2v) is 8.34. The van der Waals surface area contributed by atoms with Gasteiger partial charge in [0, 0.05) is 32.7 Å². The molecule has 1 aromatic carbocycles. The summed E-state index contributed by atoms with van der Waals surface area (Å²) in [5.41, 5.74) is 0.370. The summed E-state index contributed by atoms with van der Waals surface area (Å²) in [5.74, 6) is 1.41. The Balaban J connectivity index is 1.54. The first-order valence-corrected chi connectivity index (χ1v) is 9.79. The number of piperazine rings is 1. The normalized spacial score (nSPS) is 19.0. The number of fused-ring (bicyclic) bond motifs is 1. The number of likely N-dealkylation sites (N-methyl/N-ethyl adjacent to an activating group) is 1. The molecule has 29 heavy (non-hydrogen) atoms. The fraction of sp³-hybridized carbons (Fsp3) is 0.600. The van der Waals surface area contributed by atoms with Crippen molar-refractivity contribution < 1.29 is 23.8 Å². The Morgan fingerprint density at radius 3 is 2.69 bits per heavy atom. The average Bonchev–Trinajstić information content (AvgIpc) is 3.11. The number of carbonyl (C=O) groups is 2. The lowest BCUT2D eigenvalue weighted by Crippen LogP contribution is -2.60. The summed E-state index contributed by atoms with van der Waals surface area (Å²) < 4.78 is 16.0. The molecule has 1 fully saturated rings. The summed E-state index contributed by atoms with van der Waals surface area (Å²) in [6.45, 7) is 8.42. The van der Waals surface area contributed by atoms with Gasteiger partial charge in [0.1, 0.15) is 5.60 Å². The summed E-state index contributed by atoms with van der Waals surface area (Å²) in [6, 6.07) is 5.31. The zero-order valence-electron chi connectivity index (χ0n) is 17.5. The first kappa shape index (κ1) is 21.0.